The van der Waals surface area contributed by atoms with Crippen molar-refractivity contribution >= 4 is 5.69 Å². The lowest BCUT2D eigenvalue weighted by Crippen LogP contribution is -3.16. The molecule has 0 bridgehead atoms. The van der Waals surface area contributed by atoms with Crippen molar-refractivity contribution in [2.75, 3.05) is 51.3 Å². The number of ether oxygens (including phenoxy) is 2. The molecule has 5 nitrogen and oxygen atoms in total. The zero-order chi connectivity index (χ0) is 19.2. The minimum Gasteiger partial charge on any atom is -0.495 e. The molecule has 0 aliphatic carbocycles. The van der Waals surface area contributed by atoms with E-state index >= 15 is 0 Å². The second-order valence-corrected chi connectivity index (χ2v) is 7.30. The Morgan fingerprint density at radius 2 is 1.70 bits per heavy atom. The van der Waals surface area contributed by atoms with Gasteiger partial charge < -0.3 is 24.4 Å². The van der Waals surface area contributed by atoms with Crippen LogP contribution in [0.15, 0.2) is 42.5 Å². The maximum absolute atomic E-state index is 10.4. The van der Waals surface area contributed by atoms with Crippen LogP contribution in [0.3, 0.4) is 0 Å². The Hall–Kier alpha value is -2.24. The lowest BCUT2D eigenvalue weighted by Gasteiger charge is -2.35. The van der Waals surface area contributed by atoms with Gasteiger partial charge in [0.2, 0.25) is 0 Å². The van der Waals surface area contributed by atoms with Gasteiger partial charge in [-0.15, -0.1) is 0 Å². The number of aliphatic hydroxyl groups is 1. The van der Waals surface area contributed by atoms with Gasteiger partial charge >= 0.3 is 0 Å². The fourth-order valence-electron chi connectivity index (χ4n) is 3.76. The molecule has 2 aromatic rings. The van der Waals surface area contributed by atoms with Gasteiger partial charge in [-0.2, -0.15) is 0 Å². The topological polar surface area (TPSA) is 46.4 Å². The molecular weight excluding hydrogens is 340 g/mol. The van der Waals surface area contributed by atoms with Crippen LogP contribution in [0.2, 0.25) is 0 Å². The van der Waals surface area contributed by atoms with E-state index in [-0.39, 0.29) is 0 Å². The smallest absolute Gasteiger partial charge is 0.142 e. The lowest BCUT2D eigenvalue weighted by molar-refractivity contribution is -0.903. The molecule has 1 aliphatic rings. The predicted octanol–water partition coefficient (Wildman–Crippen LogP) is 1.46. The summed E-state index contributed by atoms with van der Waals surface area (Å²) in [5, 5.41) is 10.4. The summed E-state index contributed by atoms with van der Waals surface area (Å²) < 4.78 is 11.4. The minimum absolute atomic E-state index is 0.339. The molecule has 1 saturated heterocycles. The van der Waals surface area contributed by atoms with Crippen LogP contribution in [0.25, 0.3) is 0 Å². The normalized spacial score (nSPS) is 16.2. The number of aryl methyl sites for hydroxylation is 2. The van der Waals surface area contributed by atoms with Crippen molar-refractivity contribution < 1.29 is 19.5 Å². The largest absolute Gasteiger partial charge is 0.495 e. The van der Waals surface area contributed by atoms with Crippen molar-refractivity contribution in [3.8, 4) is 11.5 Å². The Morgan fingerprint density at radius 1 is 1.04 bits per heavy atom. The molecule has 0 amide bonds. The molecule has 0 saturated carbocycles. The average Bonchev–Trinajstić information content (AvgIpc) is 2.68. The number of hydrogen-bond acceptors (Lipinski definition) is 4. The summed E-state index contributed by atoms with van der Waals surface area (Å²) in [6.07, 6.45) is -0.461. The fourth-order valence-corrected chi connectivity index (χ4v) is 3.76. The number of benzene rings is 2. The van der Waals surface area contributed by atoms with Crippen LogP contribution < -0.4 is 19.3 Å². The Balaban J connectivity index is 1.47. The van der Waals surface area contributed by atoms with Crippen LogP contribution in [0, 0.1) is 13.8 Å². The SMILES string of the molecule is COc1ccccc1N1CC[NH+](C[C@@H](O)COc2c(C)cccc2C)CC1. The minimum atomic E-state index is -0.461. The van der Waals surface area contributed by atoms with Crippen LogP contribution in [0.1, 0.15) is 11.1 Å². The zero-order valence-electron chi connectivity index (χ0n) is 16.6. The third-order valence-corrected chi connectivity index (χ3v) is 5.25. The van der Waals surface area contributed by atoms with E-state index in [4.69, 9.17) is 9.47 Å². The number of para-hydroxylation sites is 3. The van der Waals surface area contributed by atoms with Crippen molar-refractivity contribution in [1.82, 2.24) is 0 Å². The van der Waals surface area contributed by atoms with E-state index in [1.54, 1.807) is 7.11 Å². The van der Waals surface area contributed by atoms with Crippen molar-refractivity contribution in [3.63, 3.8) is 0 Å². The average molecular weight is 372 g/mol. The zero-order valence-corrected chi connectivity index (χ0v) is 16.6. The van der Waals surface area contributed by atoms with Gasteiger partial charge in [-0.3, -0.25) is 0 Å². The highest BCUT2D eigenvalue weighted by atomic mass is 16.5. The first-order valence-corrected chi connectivity index (χ1v) is 9.67. The number of aliphatic hydroxyl groups excluding tert-OH is 1. The molecule has 5 heteroatoms. The molecule has 146 valence electrons. The predicted molar refractivity (Wildman–Crippen MR) is 108 cm³/mol. The highest BCUT2D eigenvalue weighted by Crippen LogP contribution is 2.27. The first-order valence-electron chi connectivity index (χ1n) is 9.67. The van der Waals surface area contributed by atoms with Gasteiger partial charge in [0.05, 0.1) is 39.0 Å². The number of nitrogens with zero attached hydrogens (tertiary/aromatic N) is 1. The highest BCUT2D eigenvalue weighted by Gasteiger charge is 2.24. The Labute approximate surface area is 162 Å². The first kappa shape index (κ1) is 19.5. The van der Waals surface area contributed by atoms with E-state index in [0.29, 0.717) is 13.2 Å². The van der Waals surface area contributed by atoms with Gasteiger partial charge in [-0.05, 0) is 37.1 Å². The van der Waals surface area contributed by atoms with E-state index in [0.717, 1.165) is 54.5 Å². The van der Waals surface area contributed by atoms with Crippen LogP contribution in [-0.4, -0.2) is 57.7 Å². The van der Waals surface area contributed by atoms with E-state index < -0.39 is 6.10 Å². The number of nitrogens with one attached hydrogen (secondary N) is 1. The van der Waals surface area contributed by atoms with Crippen LogP contribution >= 0.6 is 0 Å². The van der Waals surface area contributed by atoms with Gasteiger partial charge in [0, 0.05) is 0 Å². The summed E-state index contributed by atoms with van der Waals surface area (Å²) >= 11 is 0. The number of methoxy groups -OCH3 is 1. The first-order chi connectivity index (χ1) is 13.1. The number of quaternary nitrogens is 1. The monoisotopic (exact) mass is 371 g/mol. The van der Waals surface area contributed by atoms with E-state index in [9.17, 15) is 5.11 Å². The van der Waals surface area contributed by atoms with Crippen LogP contribution in [-0.2, 0) is 0 Å². The third-order valence-electron chi connectivity index (χ3n) is 5.25. The van der Waals surface area contributed by atoms with E-state index in [2.05, 4.69) is 11.0 Å². The van der Waals surface area contributed by atoms with Crippen LogP contribution in [0.4, 0.5) is 5.69 Å². The molecule has 0 radical (unpaired) electrons. The van der Waals surface area contributed by atoms with Crippen molar-refractivity contribution in [1.29, 1.82) is 0 Å². The molecular formula is C22H31N2O3+. The standard InChI is InChI=1S/C22H30N2O3/c1-17-7-6-8-18(2)22(17)27-16-19(25)15-23-11-13-24(14-12-23)20-9-4-5-10-21(20)26-3/h4-10,19,25H,11-16H2,1-3H3/p+1/t19-/m1/s1. The second kappa shape index (κ2) is 9.11. The molecule has 0 unspecified atom stereocenters. The summed E-state index contributed by atoms with van der Waals surface area (Å²) in [6.45, 7) is 9.04. The fraction of sp³-hybridized carbons (Fsp3) is 0.455. The van der Waals surface area contributed by atoms with Crippen molar-refractivity contribution in [2.45, 2.75) is 20.0 Å². The molecule has 3 rings (SSSR count). The molecule has 27 heavy (non-hydrogen) atoms. The number of piperazine rings is 1. The van der Waals surface area contributed by atoms with Gasteiger partial charge in [0.25, 0.3) is 0 Å². The molecule has 0 aromatic heterocycles. The van der Waals surface area contributed by atoms with Gasteiger partial charge in [-0.25, -0.2) is 0 Å². The van der Waals surface area contributed by atoms with Gasteiger partial charge in [-0.1, -0.05) is 30.3 Å². The molecule has 2 aromatic carbocycles. The van der Waals surface area contributed by atoms with E-state index in [1.807, 2.05) is 50.2 Å². The molecule has 1 atom stereocenters. The maximum Gasteiger partial charge on any atom is 0.142 e. The maximum atomic E-state index is 10.4. The quantitative estimate of drug-likeness (QED) is 0.774. The number of anilines is 1. The number of rotatable bonds is 7. The Bertz CT molecular complexity index is 722. The summed E-state index contributed by atoms with van der Waals surface area (Å²) in [6, 6.07) is 14.3. The van der Waals surface area contributed by atoms with Gasteiger partial charge in [0.15, 0.2) is 0 Å². The molecule has 2 N–H and O–H groups in total. The molecule has 1 aliphatic heterocycles. The van der Waals surface area contributed by atoms with Gasteiger partial charge in [0.1, 0.15) is 30.8 Å². The number of hydrogen-bond donors (Lipinski definition) is 2. The molecule has 1 fully saturated rings. The third kappa shape index (κ3) is 4.93. The van der Waals surface area contributed by atoms with E-state index in [1.165, 1.54) is 4.90 Å². The Morgan fingerprint density at radius 3 is 2.37 bits per heavy atom. The summed E-state index contributed by atoms with van der Waals surface area (Å²) in [5.74, 6) is 1.82. The summed E-state index contributed by atoms with van der Waals surface area (Å²) in [4.78, 5) is 3.78. The molecule has 0 spiro atoms. The highest BCUT2D eigenvalue weighted by molar-refractivity contribution is 5.58. The lowest BCUT2D eigenvalue weighted by atomic mass is 10.1. The van der Waals surface area contributed by atoms with Crippen LogP contribution in [0.5, 0.6) is 11.5 Å². The Kier molecular flexibility index (Phi) is 6.58. The molecule has 1 heterocycles. The van der Waals surface area contributed by atoms with Crippen molar-refractivity contribution in [2.24, 2.45) is 0 Å². The van der Waals surface area contributed by atoms with Crippen molar-refractivity contribution in [3.05, 3.63) is 53.6 Å². The summed E-state index contributed by atoms with van der Waals surface area (Å²) in [5.41, 5.74) is 3.37. The summed E-state index contributed by atoms with van der Waals surface area (Å²) in [7, 11) is 1.72. The second-order valence-electron chi connectivity index (χ2n) is 7.30.